The first-order valence-electron chi connectivity index (χ1n) is 7.17. The van der Waals surface area contributed by atoms with E-state index in [9.17, 15) is 13.6 Å². The van der Waals surface area contributed by atoms with E-state index >= 15 is 0 Å². The van der Waals surface area contributed by atoms with E-state index in [4.69, 9.17) is 0 Å². The molecule has 0 unspecified atom stereocenters. The number of ether oxygens (including phenoxy) is 1. The van der Waals surface area contributed by atoms with Gasteiger partial charge >= 0.3 is 6.61 Å². The van der Waals surface area contributed by atoms with E-state index in [-0.39, 0.29) is 11.7 Å². The summed E-state index contributed by atoms with van der Waals surface area (Å²) in [5.74, 6) is -0.0600. The molecule has 3 nitrogen and oxygen atoms in total. The molecular formula is C18H16BrF2NO2. The fourth-order valence-corrected chi connectivity index (χ4v) is 2.44. The molecule has 0 aromatic heterocycles. The van der Waals surface area contributed by atoms with Gasteiger partial charge in [0.05, 0.1) is 0 Å². The zero-order valence-electron chi connectivity index (χ0n) is 13.0. The molecule has 2 aromatic rings. The van der Waals surface area contributed by atoms with Crippen LogP contribution in [0.25, 0.3) is 6.08 Å². The summed E-state index contributed by atoms with van der Waals surface area (Å²) in [5, 5.41) is 0. The SMILES string of the molecule is CN(Cc1ccc(OC(F)F)cc1)C(=O)/C=C/c1ccccc1Br. The van der Waals surface area contributed by atoms with Gasteiger partial charge in [-0.15, -0.1) is 0 Å². The third kappa shape index (κ3) is 5.45. The largest absolute Gasteiger partial charge is 0.435 e. The lowest BCUT2D eigenvalue weighted by molar-refractivity contribution is -0.125. The molecule has 1 amide bonds. The van der Waals surface area contributed by atoms with E-state index in [1.165, 1.54) is 23.1 Å². The van der Waals surface area contributed by atoms with Crippen LogP contribution in [0.15, 0.2) is 59.1 Å². The summed E-state index contributed by atoms with van der Waals surface area (Å²) in [4.78, 5) is 13.7. The Morgan fingerprint density at radius 3 is 2.50 bits per heavy atom. The van der Waals surface area contributed by atoms with Crippen molar-refractivity contribution < 1.29 is 18.3 Å². The number of carbonyl (C=O) groups is 1. The maximum Gasteiger partial charge on any atom is 0.387 e. The molecule has 0 atom stereocenters. The summed E-state index contributed by atoms with van der Waals surface area (Å²) in [7, 11) is 1.68. The van der Waals surface area contributed by atoms with Gasteiger partial charge in [0, 0.05) is 24.1 Å². The molecule has 0 radical (unpaired) electrons. The highest BCUT2D eigenvalue weighted by Crippen LogP contribution is 2.18. The van der Waals surface area contributed by atoms with Crippen LogP contribution in [-0.2, 0) is 11.3 Å². The predicted molar refractivity (Wildman–Crippen MR) is 92.7 cm³/mol. The van der Waals surface area contributed by atoms with Crippen LogP contribution >= 0.6 is 15.9 Å². The Hall–Kier alpha value is -2.21. The molecule has 0 bridgehead atoms. The molecule has 126 valence electrons. The molecule has 6 heteroatoms. The fraction of sp³-hybridized carbons (Fsp3) is 0.167. The normalized spacial score (nSPS) is 11.0. The van der Waals surface area contributed by atoms with E-state index in [0.29, 0.717) is 6.54 Å². The van der Waals surface area contributed by atoms with Crippen molar-refractivity contribution in [1.29, 1.82) is 0 Å². The quantitative estimate of drug-likeness (QED) is 0.662. The molecule has 0 spiro atoms. The number of likely N-dealkylation sites (N-methyl/N-ethyl adjacent to an activating group) is 1. The van der Waals surface area contributed by atoms with Gasteiger partial charge < -0.3 is 9.64 Å². The van der Waals surface area contributed by atoms with Crippen LogP contribution in [0.3, 0.4) is 0 Å². The van der Waals surface area contributed by atoms with Gasteiger partial charge in [-0.2, -0.15) is 8.78 Å². The van der Waals surface area contributed by atoms with Crippen LogP contribution in [0.1, 0.15) is 11.1 Å². The molecule has 0 heterocycles. The minimum atomic E-state index is -2.84. The Bertz CT molecular complexity index is 717. The van der Waals surface area contributed by atoms with Crippen molar-refractivity contribution in [1.82, 2.24) is 4.90 Å². The van der Waals surface area contributed by atoms with E-state index in [1.807, 2.05) is 24.3 Å². The summed E-state index contributed by atoms with van der Waals surface area (Å²) in [6.07, 6.45) is 3.23. The second-order valence-electron chi connectivity index (χ2n) is 5.07. The second-order valence-corrected chi connectivity index (χ2v) is 5.93. The van der Waals surface area contributed by atoms with Gasteiger partial charge in [-0.25, -0.2) is 0 Å². The smallest absolute Gasteiger partial charge is 0.387 e. The van der Waals surface area contributed by atoms with Gasteiger partial charge in [-0.05, 0) is 35.4 Å². The first-order chi connectivity index (χ1) is 11.5. The van der Waals surface area contributed by atoms with Crippen molar-refractivity contribution in [2.45, 2.75) is 13.2 Å². The van der Waals surface area contributed by atoms with E-state index in [0.717, 1.165) is 15.6 Å². The third-order valence-electron chi connectivity index (χ3n) is 3.26. The predicted octanol–water partition coefficient (Wildman–Crippen LogP) is 4.72. The molecule has 0 saturated heterocycles. The minimum Gasteiger partial charge on any atom is -0.435 e. The topological polar surface area (TPSA) is 29.5 Å². The van der Waals surface area contributed by atoms with Gasteiger partial charge in [0.2, 0.25) is 5.91 Å². The van der Waals surface area contributed by atoms with Crippen LogP contribution in [0.5, 0.6) is 5.75 Å². The zero-order chi connectivity index (χ0) is 17.5. The number of alkyl halides is 2. The van der Waals surface area contributed by atoms with Gasteiger partial charge in [0.15, 0.2) is 0 Å². The number of hydrogen-bond donors (Lipinski definition) is 0. The highest BCUT2D eigenvalue weighted by molar-refractivity contribution is 9.10. The minimum absolute atomic E-state index is 0.0940. The molecule has 0 N–H and O–H groups in total. The summed E-state index contributed by atoms with van der Waals surface area (Å²) >= 11 is 3.42. The molecular weight excluding hydrogens is 380 g/mol. The van der Waals surface area contributed by atoms with Crippen molar-refractivity contribution in [3.05, 3.63) is 70.2 Å². The van der Waals surface area contributed by atoms with Crippen LogP contribution in [0.4, 0.5) is 8.78 Å². The van der Waals surface area contributed by atoms with Crippen LogP contribution in [0, 0.1) is 0 Å². The number of hydrogen-bond acceptors (Lipinski definition) is 2. The molecule has 2 rings (SSSR count). The number of nitrogens with zero attached hydrogens (tertiary/aromatic N) is 1. The number of amides is 1. The lowest BCUT2D eigenvalue weighted by atomic mass is 10.2. The Balaban J connectivity index is 1.95. The first-order valence-corrected chi connectivity index (χ1v) is 7.96. The summed E-state index contributed by atoms with van der Waals surface area (Å²) in [6.45, 7) is -2.48. The number of halogens is 3. The molecule has 0 aliphatic heterocycles. The second kappa shape index (κ2) is 8.59. The highest BCUT2D eigenvalue weighted by Gasteiger charge is 2.08. The van der Waals surface area contributed by atoms with Crippen LogP contribution < -0.4 is 4.74 Å². The van der Waals surface area contributed by atoms with Crippen LogP contribution in [-0.4, -0.2) is 24.5 Å². The summed E-state index contributed by atoms with van der Waals surface area (Å²) < 4.78 is 29.4. The number of benzene rings is 2. The Morgan fingerprint density at radius 2 is 1.88 bits per heavy atom. The summed E-state index contributed by atoms with van der Waals surface area (Å²) in [5.41, 5.74) is 1.73. The maximum absolute atomic E-state index is 12.1. The van der Waals surface area contributed by atoms with Crippen LogP contribution in [0.2, 0.25) is 0 Å². The average molecular weight is 396 g/mol. The molecule has 0 aliphatic carbocycles. The third-order valence-corrected chi connectivity index (χ3v) is 3.98. The number of rotatable bonds is 6. The van der Waals surface area contributed by atoms with Gasteiger partial charge in [-0.3, -0.25) is 4.79 Å². The fourth-order valence-electron chi connectivity index (χ4n) is 2.03. The van der Waals surface area contributed by atoms with Crippen molar-refractivity contribution in [2.75, 3.05) is 7.05 Å². The standard InChI is InChI=1S/C18H16BrF2NO2/c1-22(12-13-6-9-15(10-7-13)24-18(20)21)17(23)11-8-14-4-2-3-5-16(14)19/h2-11,18H,12H2,1H3/b11-8+. The van der Waals surface area contributed by atoms with Gasteiger partial charge in [-0.1, -0.05) is 46.3 Å². The van der Waals surface area contributed by atoms with E-state index in [2.05, 4.69) is 20.7 Å². The first kappa shape index (κ1) is 18.1. The Labute approximate surface area is 147 Å². The van der Waals surface area contributed by atoms with Crippen molar-refractivity contribution in [2.24, 2.45) is 0 Å². The lowest BCUT2D eigenvalue weighted by Gasteiger charge is -2.15. The van der Waals surface area contributed by atoms with E-state index in [1.54, 1.807) is 25.3 Å². The Morgan fingerprint density at radius 1 is 1.21 bits per heavy atom. The number of carbonyl (C=O) groups excluding carboxylic acids is 1. The molecule has 2 aromatic carbocycles. The average Bonchev–Trinajstić information content (AvgIpc) is 2.55. The summed E-state index contributed by atoms with van der Waals surface area (Å²) in [6, 6.07) is 13.8. The zero-order valence-corrected chi connectivity index (χ0v) is 14.5. The maximum atomic E-state index is 12.1. The molecule has 0 fully saturated rings. The monoisotopic (exact) mass is 395 g/mol. The van der Waals surface area contributed by atoms with Gasteiger partial charge in [0.1, 0.15) is 5.75 Å². The van der Waals surface area contributed by atoms with Crippen molar-refractivity contribution in [3.8, 4) is 5.75 Å². The van der Waals surface area contributed by atoms with E-state index < -0.39 is 6.61 Å². The molecule has 0 saturated carbocycles. The van der Waals surface area contributed by atoms with Gasteiger partial charge in [0.25, 0.3) is 0 Å². The highest BCUT2D eigenvalue weighted by atomic mass is 79.9. The van der Waals surface area contributed by atoms with Crippen molar-refractivity contribution in [3.63, 3.8) is 0 Å². The lowest BCUT2D eigenvalue weighted by Crippen LogP contribution is -2.24. The molecule has 24 heavy (non-hydrogen) atoms. The van der Waals surface area contributed by atoms with Crippen molar-refractivity contribution >= 4 is 27.9 Å². The Kier molecular flexibility index (Phi) is 6.49. The molecule has 0 aliphatic rings.